The van der Waals surface area contributed by atoms with Gasteiger partial charge in [-0.05, 0) is 23.6 Å². The van der Waals surface area contributed by atoms with Gasteiger partial charge in [0.1, 0.15) is 0 Å². The van der Waals surface area contributed by atoms with E-state index in [9.17, 15) is 4.79 Å². The molecule has 0 unspecified atom stereocenters. The zero-order valence-electron chi connectivity index (χ0n) is 14.4. The fourth-order valence-electron chi connectivity index (χ4n) is 3.61. The number of para-hydroxylation sites is 1. The Kier molecular flexibility index (Phi) is 4.01. The van der Waals surface area contributed by atoms with E-state index in [2.05, 4.69) is 49.4 Å². The minimum Gasteiger partial charge on any atom is -0.308 e. The number of nitrogens with zero attached hydrogens (tertiary/aromatic N) is 1. The molecule has 23 heavy (non-hydrogen) atoms. The number of amides is 1. The highest BCUT2D eigenvalue weighted by Crippen LogP contribution is 2.47. The first-order valence-corrected chi connectivity index (χ1v) is 8.42. The molecule has 2 aromatic rings. The number of benzene rings is 2. The molecule has 2 atom stereocenters. The van der Waals surface area contributed by atoms with Crippen molar-refractivity contribution >= 4 is 11.6 Å². The lowest BCUT2D eigenvalue weighted by atomic mass is 9.86. The van der Waals surface area contributed by atoms with Crippen LogP contribution in [0.2, 0.25) is 0 Å². The molecule has 3 rings (SSSR count). The van der Waals surface area contributed by atoms with E-state index in [0.717, 1.165) is 12.1 Å². The van der Waals surface area contributed by atoms with Crippen molar-refractivity contribution in [1.82, 2.24) is 0 Å². The van der Waals surface area contributed by atoms with Crippen LogP contribution in [0.15, 0.2) is 54.6 Å². The number of hydrogen-bond acceptors (Lipinski definition) is 1. The number of anilines is 1. The van der Waals surface area contributed by atoms with E-state index in [-0.39, 0.29) is 23.3 Å². The quantitative estimate of drug-likeness (QED) is 0.765. The third-order valence-electron chi connectivity index (χ3n) is 4.69. The summed E-state index contributed by atoms with van der Waals surface area (Å²) >= 11 is 0. The van der Waals surface area contributed by atoms with Crippen molar-refractivity contribution in [2.24, 2.45) is 5.41 Å². The summed E-state index contributed by atoms with van der Waals surface area (Å²) in [5.41, 5.74) is 3.25. The summed E-state index contributed by atoms with van der Waals surface area (Å²) in [5.74, 6) is 0.457. The van der Waals surface area contributed by atoms with Crippen LogP contribution in [0.25, 0.3) is 0 Å². The van der Waals surface area contributed by atoms with E-state index in [1.54, 1.807) is 0 Å². The molecule has 120 valence electrons. The fourth-order valence-corrected chi connectivity index (χ4v) is 3.61. The first-order chi connectivity index (χ1) is 10.9. The van der Waals surface area contributed by atoms with Gasteiger partial charge in [-0.2, -0.15) is 0 Å². The predicted octanol–water partition coefficient (Wildman–Crippen LogP) is 4.99. The smallest absolute Gasteiger partial charge is 0.232 e. The second kappa shape index (κ2) is 5.84. The molecule has 1 aliphatic rings. The molecule has 0 fully saturated rings. The molecule has 2 aromatic carbocycles. The monoisotopic (exact) mass is 307 g/mol. The number of fused-ring (bicyclic) bond motifs is 1. The Hall–Kier alpha value is -2.09. The van der Waals surface area contributed by atoms with Gasteiger partial charge in [0.2, 0.25) is 5.91 Å². The summed E-state index contributed by atoms with van der Waals surface area (Å²) in [6.45, 7) is 8.18. The molecule has 2 heteroatoms. The Labute approximate surface area is 139 Å². The average molecular weight is 307 g/mol. The van der Waals surface area contributed by atoms with Gasteiger partial charge in [0.05, 0.1) is 0 Å². The highest BCUT2D eigenvalue weighted by molar-refractivity contribution is 6.00. The van der Waals surface area contributed by atoms with Gasteiger partial charge < -0.3 is 4.90 Å². The molecular formula is C21H25NO. The molecule has 0 aromatic heterocycles. The SMILES string of the molecule is CC[C@H]1[C@H](c2ccccc2)c2ccccc2N1C(=O)C(C)(C)C. The van der Waals surface area contributed by atoms with Crippen LogP contribution < -0.4 is 4.90 Å². The second-order valence-electron chi connectivity index (χ2n) is 7.35. The minimum absolute atomic E-state index is 0.182. The van der Waals surface area contributed by atoms with Crippen LogP contribution in [0.3, 0.4) is 0 Å². The van der Waals surface area contributed by atoms with Crippen LogP contribution in [-0.4, -0.2) is 11.9 Å². The van der Waals surface area contributed by atoms with E-state index in [1.807, 2.05) is 37.8 Å². The van der Waals surface area contributed by atoms with Gasteiger partial charge in [-0.25, -0.2) is 0 Å². The third-order valence-corrected chi connectivity index (χ3v) is 4.69. The summed E-state index contributed by atoms with van der Waals surface area (Å²) < 4.78 is 0. The number of rotatable bonds is 2. The summed E-state index contributed by atoms with van der Waals surface area (Å²) in [6.07, 6.45) is 0.941. The van der Waals surface area contributed by atoms with Crippen LogP contribution in [0.1, 0.15) is 51.2 Å². The summed E-state index contributed by atoms with van der Waals surface area (Å²) in [6, 6.07) is 19.1. The van der Waals surface area contributed by atoms with E-state index in [4.69, 9.17) is 0 Å². The number of hydrogen-bond donors (Lipinski definition) is 0. The van der Waals surface area contributed by atoms with E-state index < -0.39 is 0 Å². The van der Waals surface area contributed by atoms with Crippen molar-refractivity contribution in [2.45, 2.75) is 46.1 Å². The van der Waals surface area contributed by atoms with Crippen LogP contribution in [0, 0.1) is 5.41 Å². The molecule has 0 saturated carbocycles. The molecule has 1 aliphatic heterocycles. The number of carbonyl (C=O) groups excluding carboxylic acids is 1. The maximum Gasteiger partial charge on any atom is 0.232 e. The van der Waals surface area contributed by atoms with Gasteiger partial charge >= 0.3 is 0 Å². The standard InChI is InChI=1S/C21H25NO/c1-5-17-19(15-11-7-6-8-12-15)16-13-9-10-14-18(16)22(17)20(23)21(2,3)4/h6-14,17,19H,5H2,1-4H3/t17-,19+/m0/s1. The zero-order valence-corrected chi connectivity index (χ0v) is 14.4. The van der Waals surface area contributed by atoms with Gasteiger partial charge in [0, 0.05) is 23.1 Å². The van der Waals surface area contributed by atoms with Crippen molar-refractivity contribution in [3.05, 3.63) is 65.7 Å². The van der Waals surface area contributed by atoms with Crippen molar-refractivity contribution in [3.8, 4) is 0 Å². The molecular weight excluding hydrogens is 282 g/mol. The topological polar surface area (TPSA) is 20.3 Å². The molecule has 0 N–H and O–H groups in total. The van der Waals surface area contributed by atoms with Gasteiger partial charge in [-0.1, -0.05) is 76.2 Å². The molecule has 2 nitrogen and oxygen atoms in total. The summed E-state index contributed by atoms with van der Waals surface area (Å²) in [5, 5.41) is 0. The molecule has 0 saturated heterocycles. The Morgan fingerprint density at radius 1 is 1.00 bits per heavy atom. The van der Waals surface area contributed by atoms with Crippen molar-refractivity contribution in [1.29, 1.82) is 0 Å². The maximum absolute atomic E-state index is 13.1. The van der Waals surface area contributed by atoms with E-state index in [0.29, 0.717) is 0 Å². The van der Waals surface area contributed by atoms with Gasteiger partial charge in [0.15, 0.2) is 0 Å². The van der Waals surface area contributed by atoms with Gasteiger partial charge in [-0.15, -0.1) is 0 Å². The lowest BCUT2D eigenvalue weighted by Gasteiger charge is -2.33. The highest BCUT2D eigenvalue weighted by atomic mass is 16.2. The van der Waals surface area contributed by atoms with E-state index >= 15 is 0 Å². The van der Waals surface area contributed by atoms with Gasteiger partial charge in [0.25, 0.3) is 0 Å². The average Bonchev–Trinajstić information content (AvgIpc) is 2.88. The zero-order chi connectivity index (χ0) is 16.6. The lowest BCUT2D eigenvalue weighted by Crippen LogP contribution is -2.45. The molecule has 0 spiro atoms. The fraction of sp³-hybridized carbons (Fsp3) is 0.381. The van der Waals surface area contributed by atoms with Crippen LogP contribution in [0.5, 0.6) is 0 Å². The van der Waals surface area contributed by atoms with Crippen molar-refractivity contribution in [2.75, 3.05) is 4.90 Å². The first kappa shape index (κ1) is 15.8. The largest absolute Gasteiger partial charge is 0.308 e. The summed E-state index contributed by atoms with van der Waals surface area (Å²) in [7, 11) is 0. The normalized spacial score (nSPS) is 20.4. The van der Waals surface area contributed by atoms with Crippen molar-refractivity contribution < 1.29 is 4.79 Å². The Morgan fingerprint density at radius 3 is 2.22 bits per heavy atom. The molecule has 0 radical (unpaired) electrons. The van der Waals surface area contributed by atoms with E-state index in [1.165, 1.54) is 11.1 Å². The Bertz CT molecular complexity index is 699. The molecule has 0 bridgehead atoms. The Balaban J connectivity index is 2.15. The molecule has 1 amide bonds. The maximum atomic E-state index is 13.1. The predicted molar refractivity (Wildman–Crippen MR) is 95.7 cm³/mol. The second-order valence-corrected chi connectivity index (χ2v) is 7.35. The van der Waals surface area contributed by atoms with Gasteiger partial charge in [-0.3, -0.25) is 4.79 Å². The Morgan fingerprint density at radius 2 is 1.61 bits per heavy atom. The minimum atomic E-state index is -0.383. The summed E-state index contributed by atoms with van der Waals surface area (Å²) in [4.78, 5) is 15.2. The number of carbonyl (C=O) groups is 1. The third kappa shape index (κ3) is 2.67. The van der Waals surface area contributed by atoms with Crippen LogP contribution in [-0.2, 0) is 4.79 Å². The highest BCUT2D eigenvalue weighted by Gasteiger charge is 2.43. The van der Waals surface area contributed by atoms with Crippen LogP contribution >= 0.6 is 0 Å². The first-order valence-electron chi connectivity index (χ1n) is 8.42. The lowest BCUT2D eigenvalue weighted by molar-refractivity contribution is -0.126. The van der Waals surface area contributed by atoms with Crippen molar-refractivity contribution in [3.63, 3.8) is 0 Å². The van der Waals surface area contributed by atoms with Crippen LogP contribution in [0.4, 0.5) is 5.69 Å². The molecule has 0 aliphatic carbocycles. The molecule has 1 heterocycles.